The summed E-state index contributed by atoms with van der Waals surface area (Å²) in [6, 6.07) is 6.23. The van der Waals surface area contributed by atoms with Gasteiger partial charge in [-0.05, 0) is 22.0 Å². The van der Waals surface area contributed by atoms with Crippen molar-refractivity contribution >= 4 is 21.6 Å². The first-order valence-corrected chi connectivity index (χ1v) is 5.50. The van der Waals surface area contributed by atoms with Gasteiger partial charge >= 0.3 is 0 Å². The van der Waals surface area contributed by atoms with Gasteiger partial charge in [-0.1, -0.05) is 0 Å². The zero-order valence-corrected chi connectivity index (χ0v) is 10.4. The lowest BCUT2D eigenvalue weighted by Crippen LogP contribution is -2.02. The summed E-state index contributed by atoms with van der Waals surface area (Å²) in [4.78, 5) is 3.79. The van der Waals surface area contributed by atoms with Crippen molar-refractivity contribution in [3.63, 3.8) is 0 Å². The van der Waals surface area contributed by atoms with Gasteiger partial charge in [0.25, 0.3) is 0 Å². The first-order valence-electron chi connectivity index (χ1n) is 4.71. The molecule has 0 aliphatic carbocycles. The van der Waals surface area contributed by atoms with E-state index >= 15 is 0 Å². The molecule has 0 atom stereocenters. The SMILES string of the molecule is N#Cc1ncn(-c2cc(Br)c(F)cc2N)c1C#N. The summed E-state index contributed by atoms with van der Waals surface area (Å²) < 4.78 is 14.8. The summed E-state index contributed by atoms with van der Waals surface area (Å²) in [6.07, 6.45) is 1.30. The predicted octanol–water partition coefficient (Wildman–Crippen LogP) is 2.10. The Bertz CT molecular complexity index is 707. The molecule has 0 unspecified atom stereocenters. The summed E-state index contributed by atoms with van der Waals surface area (Å²) >= 11 is 3.04. The lowest BCUT2D eigenvalue weighted by Gasteiger charge is -2.08. The number of anilines is 1. The maximum atomic E-state index is 13.3. The van der Waals surface area contributed by atoms with Gasteiger partial charge in [0.15, 0.2) is 11.4 Å². The molecular formula is C11H5BrFN5. The molecular weight excluding hydrogens is 301 g/mol. The molecule has 2 aromatic rings. The molecule has 0 saturated heterocycles. The van der Waals surface area contributed by atoms with Crippen LogP contribution in [0, 0.1) is 28.5 Å². The largest absolute Gasteiger partial charge is 0.397 e. The lowest BCUT2D eigenvalue weighted by atomic mass is 10.2. The zero-order chi connectivity index (χ0) is 13.3. The van der Waals surface area contributed by atoms with E-state index in [2.05, 4.69) is 20.9 Å². The molecule has 0 aliphatic heterocycles. The first kappa shape index (κ1) is 12.1. The summed E-state index contributed by atoms with van der Waals surface area (Å²) in [5, 5.41) is 17.8. The van der Waals surface area contributed by atoms with Crippen LogP contribution in [0.1, 0.15) is 11.4 Å². The Morgan fingerprint density at radius 2 is 2.06 bits per heavy atom. The number of benzene rings is 1. The van der Waals surface area contributed by atoms with Gasteiger partial charge in [0.2, 0.25) is 0 Å². The van der Waals surface area contributed by atoms with E-state index in [0.717, 1.165) is 6.07 Å². The minimum atomic E-state index is -0.504. The number of nitrogens with two attached hydrogens (primary N) is 1. The van der Waals surface area contributed by atoms with Gasteiger partial charge in [-0.25, -0.2) is 9.37 Å². The van der Waals surface area contributed by atoms with Crippen molar-refractivity contribution in [2.24, 2.45) is 0 Å². The highest BCUT2D eigenvalue weighted by Gasteiger charge is 2.15. The van der Waals surface area contributed by atoms with Crippen LogP contribution in [0.15, 0.2) is 22.9 Å². The average molecular weight is 306 g/mol. The fourth-order valence-corrected chi connectivity index (χ4v) is 1.81. The van der Waals surface area contributed by atoms with Crippen LogP contribution >= 0.6 is 15.9 Å². The molecule has 7 heteroatoms. The minimum absolute atomic E-state index is 0.00246. The van der Waals surface area contributed by atoms with Gasteiger partial charge < -0.3 is 5.73 Å². The van der Waals surface area contributed by atoms with Gasteiger partial charge in [0.05, 0.1) is 15.8 Å². The Morgan fingerprint density at radius 1 is 1.33 bits per heavy atom. The number of halogens is 2. The molecule has 0 aliphatic rings. The zero-order valence-electron chi connectivity index (χ0n) is 8.85. The second-order valence-electron chi connectivity index (χ2n) is 3.36. The topological polar surface area (TPSA) is 91.4 Å². The normalized spacial score (nSPS) is 9.78. The van der Waals surface area contributed by atoms with Crippen molar-refractivity contribution in [2.75, 3.05) is 5.73 Å². The van der Waals surface area contributed by atoms with Crippen LogP contribution in [0.3, 0.4) is 0 Å². The molecule has 1 heterocycles. The number of aromatic nitrogens is 2. The molecule has 0 radical (unpaired) electrons. The number of hydrogen-bond acceptors (Lipinski definition) is 4. The highest BCUT2D eigenvalue weighted by Crippen LogP contribution is 2.27. The molecule has 0 bridgehead atoms. The van der Waals surface area contributed by atoms with Crippen LogP contribution in [0.25, 0.3) is 5.69 Å². The minimum Gasteiger partial charge on any atom is -0.397 e. The number of nitrogen functional groups attached to an aromatic ring is 1. The van der Waals surface area contributed by atoms with E-state index in [-0.39, 0.29) is 21.5 Å². The van der Waals surface area contributed by atoms with E-state index in [1.165, 1.54) is 17.0 Å². The average Bonchev–Trinajstić information content (AvgIpc) is 2.76. The number of hydrogen-bond donors (Lipinski definition) is 1. The van der Waals surface area contributed by atoms with E-state index in [9.17, 15) is 4.39 Å². The molecule has 2 rings (SSSR count). The third kappa shape index (κ3) is 1.81. The second-order valence-corrected chi connectivity index (χ2v) is 4.21. The molecule has 0 spiro atoms. The van der Waals surface area contributed by atoms with Gasteiger partial charge in [0.1, 0.15) is 24.3 Å². The molecule has 2 N–H and O–H groups in total. The van der Waals surface area contributed by atoms with E-state index in [1.807, 2.05) is 6.07 Å². The van der Waals surface area contributed by atoms with E-state index < -0.39 is 5.82 Å². The maximum absolute atomic E-state index is 13.3. The fraction of sp³-hybridized carbons (Fsp3) is 0. The van der Waals surface area contributed by atoms with Gasteiger partial charge in [0, 0.05) is 6.07 Å². The van der Waals surface area contributed by atoms with Crippen molar-refractivity contribution in [3.05, 3.63) is 40.1 Å². The summed E-state index contributed by atoms with van der Waals surface area (Å²) in [7, 11) is 0. The lowest BCUT2D eigenvalue weighted by molar-refractivity contribution is 0.621. The van der Waals surface area contributed by atoms with E-state index in [4.69, 9.17) is 16.3 Å². The van der Waals surface area contributed by atoms with Crippen LogP contribution in [0.5, 0.6) is 0 Å². The number of imidazole rings is 1. The Kier molecular flexibility index (Phi) is 3.00. The summed E-state index contributed by atoms with van der Waals surface area (Å²) in [5.74, 6) is -0.504. The van der Waals surface area contributed by atoms with Crippen LogP contribution in [0.2, 0.25) is 0 Å². The summed E-state index contributed by atoms with van der Waals surface area (Å²) in [5.41, 5.74) is 6.28. The molecule has 1 aromatic heterocycles. The molecule has 5 nitrogen and oxygen atoms in total. The fourth-order valence-electron chi connectivity index (χ4n) is 1.48. The predicted molar refractivity (Wildman–Crippen MR) is 65.1 cm³/mol. The molecule has 1 aromatic carbocycles. The van der Waals surface area contributed by atoms with Crippen molar-refractivity contribution in [3.8, 4) is 17.8 Å². The van der Waals surface area contributed by atoms with Crippen LogP contribution in [0.4, 0.5) is 10.1 Å². The van der Waals surface area contributed by atoms with Crippen LogP contribution < -0.4 is 5.73 Å². The molecule has 18 heavy (non-hydrogen) atoms. The monoisotopic (exact) mass is 305 g/mol. The standard InChI is InChI=1S/C11H5BrFN5/c12-6-1-10(8(16)2-7(6)13)18-5-17-9(3-14)11(18)4-15/h1-2,5H,16H2. The van der Waals surface area contributed by atoms with Gasteiger partial charge in [-0.15, -0.1) is 0 Å². The van der Waals surface area contributed by atoms with Crippen LogP contribution in [-0.4, -0.2) is 9.55 Å². The molecule has 88 valence electrons. The van der Waals surface area contributed by atoms with Gasteiger partial charge in [-0.3, -0.25) is 4.57 Å². The number of nitriles is 2. The Labute approximate surface area is 110 Å². The third-order valence-electron chi connectivity index (χ3n) is 2.31. The smallest absolute Gasteiger partial charge is 0.177 e. The molecule has 0 saturated carbocycles. The molecule has 0 amide bonds. The second kappa shape index (κ2) is 4.47. The van der Waals surface area contributed by atoms with E-state index in [0.29, 0.717) is 5.69 Å². The van der Waals surface area contributed by atoms with Crippen molar-refractivity contribution in [1.29, 1.82) is 10.5 Å². The van der Waals surface area contributed by atoms with Gasteiger partial charge in [-0.2, -0.15) is 10.5 Å². The number of rotatable bonds is 1. The highest BCUT2D eigenvalue weighted by molar-refractivity contribution is 9.10. The number of nitrogens with zero attached hydrogens (tertiary/aromatic N) is 4. The van der Waals surface area contributed by atoms with E-state index in [1.54, 1.807) is 6.07 Å². The van der Waals surface area contributed by atoms with Crippen molar-refractivity contribution in [2.45, 2.75) is 0 Å². The Hall–Kier alpha value is -2.38. The Balaban J connectivity index is 2.71. The Morgan fingerprint density at radius 3 is 2.67 bits per heavy atom. The summed E-state index contributed by atoms with van der Waals surface area (Å²) in [6.45, 7) is 0. The highest BCUT2D eigenvalue weighted by atomic mass is 79.9. The van der Waals surface area contributed by atoms with Crippen molar-refractivity contribution < 1.29 is 4.39 Å². The maximum Gasteiger partial charge on any atom is 0.177 e. The first-order chi connectivity index (χ1) is 8.58. The quantitative estimate of drug-likeness (QED) is 0.817. The third-order valence-corrected chi connectivity index (χ3v) is 2.92. The molecule has 0 fully saturated rings. The van der Waals surface area contributed by atoms with Crippen molar-refractivity contribution in [1.82, 2.24) is 9.55 Å². The van der Waals surface area contributed by atoms with Crippen LogP contribution in [-0.2, 0) is 0 Å².